The molecule has 8 heteroatoms. The third-order valence-electron chi connectivity index (χ3n) is 5.66. The van der Waals surface area contributed by atoms with Crippen LogP contribution in [0.4, 0.5) is 11.5 Å². The number of fused-ring (bicyclic) bond motifs is 1. The van der Waals surface area contributed by atoms with Gasteiger partial charge in [-0.3, -0.25) is 4.79 Å². The number of carbonyl (C=O) groups is 1. The number of rotatable bonds is 3. The number of nitrogens with zero attached hydrogens (tertiary/aromatic N) is 6. The topological polar surface area (TPSA) is 81.2 Å². The second-order valence-electron chi connectivity index (χ2n) is 7.34. The van der Waals surface area contributed by atoms with Gasteiger partial charge in [0.15, 0.2) is 0 Å². The third kappa shape index (κ3) is 3.04. The van der Waals surface area contributed by atoms with Crippen LogP contribution >= 0.6 is 0 Å². The van der Waals surface area contributed by atoms with E-state index in [1.54, 1.807) is 18.9 Å². The summed E-state index contributed by atoms with van der Waals surface area (Å²) in [7, 11) is 0. The van der Waals surface area contributed by atoms with Gasteiger partial charge in [-0.2, -0.15) is 0 Å². The van der Waals surface area contributed by atoms with E-state index in [1.165, 1.54) is 12.8 Å². The predicted octanol–water partition coefficient (Wildman–Crippen LogP) is 1.92. The van der Waals surface area contributed by atoms with Gasteiger partial charge in [0.1, 0.15) is 17.8 Å². The van der Waals surface area contributed by atoms with Crippen LogP contribution in [-0.4, -0.2) is 70.0 Å². The van der Waals surface area contributed by atoms with Gasteiger partial charge in [0.05, 0.1) is 18.0 Å². The summed E-state index contributed by atoms with van der Waals surface area (Å²) in [6, 6.07) is 6.40. The van der Waals surface area contributed by atoms with Crippen molar-refractivity contribution in [1.82, 2.24) is 24.8 Å². The van der Waals surface area contributed by atoms with Crippen LogP contribution in [-0.2, 0) is 0 Å². The Morgan fingerprint density at radius 1 is 0.964 bits per heavy atom. The molecule has 0 bridgehead atoms. The summed E-state index contributed by atoms with van der Waals surface area (Å²) in [5, 5.41) is 1.11. The number of imidazole rings is 1. The normalized spacial score (nSPS) is 17.5. The number of anilines is 2. The lowest BCUT2D eigenvalue weighted by Crippen LogP contribution is -2.48. The van der Waals surface area contributed by atoms with Crippen molar-refractivity contribution in [2.75, 3.05) is 49.1 Å². The minimum Gasteiger partial charge on any atom is -0.368 e. The van der Waals surface area contributed by atoms with Crippen molar-refractivity contribution in [3.8, 4) is 0 Å². The van der Waals surface area contributed by atoms with Crippen LogP contribution in [0.5, 0.6) is 0 Å². The molecule has 0 atom stereocenters. The van der Waals surface area contributed by atoms with E-state index in [1.807, 2.05) is 4.90 Å². The van der Waals surface area contributed by atoms with Crippen LogP contribution < -0.4 is 9.80 Å². The summed E-state index contributed by atoms with van der Waals surface area (Å²) in [6.45, 7) is 5.12. The van der Waals surface area contributed by atoms with E-state index in [0.717, 1.165) is 48.6 Å². The van der Waals surface area contributed by atoms with Crippen LogP contribution in [0.15, 0.2) is 37.1 Å². The summed E-state index contributed by atoms with van der Waals surface area (Å²) >= 11 is 0. The van der Waals surface area contributed by atoms with Gasteiger partial charge in [0.25, 0.3) is 5.91 Å². The number of aromatic nitrogens is 4. The molecule has 4 heterocycles. The van der Waals surface area contributed by atoms with Crippen molar-refractivity contribution >= 4 is 28.3 Å². The Kier molecular flexibility index (Phi) is 4.31. The molecule has 3 aromatic rings. The number of H-pyrrole nitrogens is 1. The van der Waals surface area contributed by atoms with Gasteiger partial charge >= 0.3 is 0 Å². The van der Waals surface area contributed by atoms with Crippen molar-refractivity contribution in [3.63, 3.8) is 0 Å². The van der Waals surface area contributed by atoms with E-state index in [9.17, 15) is 4.79 Å². The number of piperazine rings is 1. The fourth-order valence-corrected chi connectivity index (χ4v) is 4.12. The highest BCUT2D eigenvalue weighted by Crippen LogP contribution is 2.30. The molecule has 0 unspecified atom stereocenters. The highest BCUT2D eigenvalue weighted by Gasteiger charge is 2.24. The SMILES string of the molecule is O=C(c1cnc[nH]1)N1CCN(c2ccc3ncnc(N4CCCC4)c3c2)CC1. The molecule has 1 aromatic carbocycles. The molecule has 0 saturated carbocycles. The number of nitrogens with one attached hydrogen (secondary N) is 1. The maximum Gasteiger partial charge on any atom is 0.272 e. The Morgan fingerprint density at radius 3 is 2.54 bits per heavy atom. The first-order valence-corrected chi connectivity index (χ1v) is 9.82. The zero-order valence-corrected chi connectivity index (χ0v) is 15.7. The molecule has 144 valence electrons. The second kappa shape index (κ2) is 7.10. The van der Waals surface area contributed by atoms with Gasteiger partial charge in [0, 0.05) is 50.3 Å². The van der Waals surface area contributed by atoms with E-state index >= 15 is 0 Å². The van der Waals surface area contributed by atoms with Crippen LogP contribution in [0.1, 0.15) is 23.3 Å². The lowest BCUT2D eigenvalue weighted by atomic mass is 10.1. The lowest BCUT2D eigenvalue weighted by Gasteiger charge is -2.36. The lowest BCUT2D eigenvalue weighted by molar-refractivity contribution is 0.0741. The monoisotopic (exact) mass is 377 g/mol. The molecule has 1 N–H and O–H groups in total. The molecule has 0 radical (unpaired) electrons. The fraction of sp³-hybridized carbons (Fsp3) is 0.400. The van der Waals surface area contributed by atoms with Crippen LogP contribution in [0, 0.1) is 0 Å². The number of carbonyl (C=O) groups excluding carboxylic acids is 1. The van der Waals surface area contributed by atoms with Crippen molar-refractivity contribution in [1.29, 1.82) is 0 Å². The first kappa shape index (κ1) is 17.0. The maximum atomic E-state index is 12.5. The van der Waals surface area contributed by atoms with Crippen molar-refractivity contribution in [2.45, 2.75) is 12.8 Å². The van der Waals surface area contributed by atoms with E-state index < -0.39 is 0 Å². The molecule has 0 spiro atoms. The zero-order chi connectivity index (χ0) is 18.9. The minimum atomic E-state index is 0.0142. The van der Waals surface area contributed by atoms with Gasteiger partial charge in [-0.05, 0) is 31.0 Å². The Morgan fingerprint density at radius 2 is 1.79 bits per heavy atom. The van der Waals surface area contributed by atoms with Crippen molar-refractivity contribution < 1.29 is 4.79 Å². The van der Waals surface area contributed by atoms with Gasteiger partial charge < -0.3 is 19.7 Å². The standard InChI is InChI=1S/C20H23N7O/c28-20(18-12-21-13-22-18)27-9-7-25(8-10-27)15-3-4-17-16(11-15)19(24-14-23-17)26-5-1-2-6-26/h3-4,11-14H,1-2,5-10H2,(H,21,22). The first-order chi connectivity index (χ1) is 13.8. The van der Waals surface area contributed by atoms with Gasteiger partial charge in [-0.15, -0.1) is 0 Å². The molecule has 8 nitrogen and oxygen atoms in total. The molecule has 0 aliphatic carbocycles. The Labute approximate surface area is 163 Å². The fourth-order valence-electron chi connectivity index (χ4n) is 4.12. The minimum absolute atomic E-state index is 0.0142. The largest absolute Gasteiger partial charge is 0.368 e. The molecule has 2 aliphatic rings. The van der Waals surface area contributed by atoms with E-state index in [2.05, 4.69) is 47.9 Å². The van der Waals surface area contributed by atoms with Crippen LogP contribution in [0.25, 0.3) is 10.9 Å². The summed E-state index contributed by atoms with van der Waals surface area (Å²) in [5.74, 6) is 1.05. The number of aromatic amines is 1. The van der Waals surface area contributed by atoms with Gasteiger partial charge in [0.2, 0.25) is 0 Å². The smallest absolute Gasteiger partial charge is 0.272 e. The average Bonchev–Trinajstić information content (AvgIpc) is 3.47. The summed E-state index contributed by atoms with van der Waals surface area (Å²) < 4.78 is 0. The molecule has 2 aliphatic heterocycles. The quantitative estimate of drug-likeness (QED) is 0.751. The second-order valence-corrected chi connectivity index (χ2v) is 7.34. The Balaban J connectivity index is 1.35. The molecule has 1 amide bonds. The van der Waals surface area contributed by atoms with E-state index in [4.69, 9.17) is 0 Å². The van der Waals surface area contributed by atoms with Crippen LogP contribution in [0.2, 0.25) is 0 Å². The Bertz CT molecular complexity index is 973. The van der Waals surface area contributed by atoms with E-state index in [0.29, 0.717) is 18.8 Å². The summed E-state index contributed by atoms with van der Waals surface area (Å²) in [5.41, 5.74) is 2.69. The molecule has 5 rings (SSSR count). The molecule has 28 heavy (non-hydrogen) atoms. The molecule has 2 aromatic heterocycles. The van der Waals surface area contributed by atoms with Crippen molar-refractivity contribution in [3.05, 3.63) is 42.7 Å². The summed E-state index contributed by atoms with van der Waals surface area (Å²) in [4.78, 5) is 34.9. The van der Waals surface area contributed by atoms with Gasteiger partial charge in [-0.25, -0.2) is 15.0 Å². The molecule has 2 fully saturated rings. The van der Waals surface area contributed by atoms with Gasteiger partial charge in [-0.1, -0.05) is 0 Å². The zero-order valence-electron chi connectivity index (χ0n) is 15.7. The van der Waals surface area contributed by atoms with Crippen LogP contribution in [0.3, 0.4) is 0 Å². The number of benzene rings is 1. The highest BCUT2D eigenvalue weighted by atomic mass is 16.2. The van der Waals surface area contributed by atoms with E-state index in [-0.39, 0.29) is 5.91 Å². The number of amides is 1. The Hall–Kier alpha value is -3.16. The third-order valence-corrected chi connectivity index (χ3v) is 5.66. The molecule has 2 saturated heterocycles. The maximum absolute atomic E-state index is 12.5. The number of hydrogen-bond acceptors (Lipinski definition) is 6. The number of hydrogen-bond donors (Lipinski definition) is 1. The summed E-state index contributed by atoms with van der Waals surface area (Å²) in [6.07, 6.45) is 7.22. The predicted molar refractivity (Wildman–Crippen MR) is 108 cm³/mol. The molecular formula is C20H23N7O. The van der Waals surface area contributed by atoms with Crippen molar-refractivity contribution in [2.24, 2.45) is 0 Å². The first-order valence-electron chi connectivity index (χ1n) is 9.82. The highest BCUT2D eigenvalue weighted by molar-refractivity contribution is 5.93. The molecular weight excluding hydrogens is 354 g/mol. The average molecular weight is 377 g/mol.